The van der Waals surface area contributed by atoms with Gasteiger partial charge in [-0.2, -0.15) is 0 Å². The van der Waals surface area contributed by atoms with Gasteiger partial charge in [-0.15, -0.1) is 0 Å². The third kappa shape index (κ3) is 4.39. The van der Waals surface area contributed by atoms with Crippen LogP contribution in [0.2, 0.25) is 0 Å². The topological polar surface area (TPSA) is 113 Å². The molecule has 1 saturated heterocycles. The summed E-state index contributed by atoms with van der Waals surface area (Å²) in [7, 11) is 0. The Hall–Kier alpha value is -1.63. The van der Waals surface area contributed by atoms with E-state index in [1.807, 2.05) is 0 Å². The zero-order chi connectivity index (χ0) is 12.8. The maximum absolute atomic E-state index is 11.6. The van der Waals surface area contributed by atoms with Crippen LogP contribution in [-0.2, 0) is 19.1 Å². The van der Waals surface area contributed by atoms with E-state index >= 15 is 0 Å². The second-order valence-corrected chi connectivity index (χ2v) is 3.83. The molecule has 1 aliphatic heterocycles. The minimum Gasteiger partial charge on any atom is -0.481 e. The standard InChI is InChI=1S/C10H15NO6/c12-8(13)4-3-6(10(15)16)11-9(14)7-2-1-5-17-7/h6-7H,1-5H2,(H,11,14)(H,12,13)(H,15,16)/t6?,7-/m0/s1. The van der Waals surface area contributed by atoms with Crippen molar-refractivity contribution in [1.82, 2.24) is 5.32 Å². The fourth-order valence-electron chi connectivity index (χ4n) is 1.57. The fraction of sp³-hybridized carbons (Fsp3) is 0.700. The number of carbonyl (C=O) groups excluding carboxylic acids is 1. The molecule has 0 bridgehead atoms. The van der Waals surface area contributed by atoms with Gasteiger partial charge in [0.2, 0.25) is 5.91 Å². The van der Waals surface area contributed by atoms with Gasteiger partial charge < -0.3 is 20.3 Å². The molecule has 1 fully saturated rings. The number of hydrogen-bond donors (Lipinski definition) is 3. The molecule has 1 aliphatic rings. The average molecular weight is 245 g/mol. The van der Waals surface area contributed by atoms with Crippen molar-refractivity contribution in [3.05, 3.63) is 0 Å². The van der Waals surface area contributed by atoms with Gasteiger partial charge in [-0.05, 0) is 19.3 Å². The van der Waals surface area contributed by atoms with Crippen LogP contribution in [0, 0.1) is 0 Å². The molecule has 0 aromatic heterocycles. The summed E-state index contributed by atoms with van der Waals surface area (Å²) in [6, 6.07) is -1.18. The molecule has 17 heavy (non-hydrogen) atoms. The first-order valence-electron chi connectivity index (χ1n) is 5.37. The normalized spacial score (nSPS) is 20.8. The van der Waals surface area contributed by atoms with Crippen LogP contribution >= 0.6 is 0 Å². The third-order valence-corrected chi connectivity index (χ3v) is 2.48. The van der Waals surface area contributed by atoms with E-state index in [0.717, 1.165) is 6.42 Å². The lowest BCUT2D eigenvalue weighted by atomic mass is 10.1. The van der Waals surface area contributed by atoms with Gasteiger partial charge in [0.05, 0.1) is 0 Å². The van der Waals surface area contributed by atoms with Crippen molar-refractivity contribution in [3.63, 3.8) is 0 Å². The van der Waals surface area contributed by atoms with Gasteiger partial charge in [0, 0.05) is 13.0 Å². The van der Waals surface area contributed by atoms with E-state index in [1.54, 1.807) is 0 Å². The minimum absolute atomic E-state index is 0.136. The lowest BCUT2D eigenvalue weighted by Crippen LogP contribution is -2.45. The van der Waals surface area contributed by atoms with Gasteiger partial charge in [-0.25, -0.2) is 4.79 Å². The number of ether oxygens (including phenoxy) is 1. The molecule has 0 spiro atoms. The summed E-state index contributed by atoms with van der Waals surface area (Å²) < 4.78 is 5.10. The van der Waals surface area contributed by atoms with Gasteiger partial charge in [-0.1, -0.05) is 0 Å². The van der Waals surface area contributed by atoms with Crippen LogP contribution in [0.25, 0.3) is 0 Å². The molecule has 0 radical (unpaired) electrons. The highest BCUT2D eigenvalue weighted by Crippen LogP contribution is 2.12. The molecule has 1 unspecified atom stereocenters. The number of aliphatic carboxylic acids is 2. The van der Waals surface area contributed by atoms with Gasteiger partial charge in [0.1, 0.15) is 12.1 Å². The second-order valence-electron chi connectivity index (χ2n) is 3.83. The number of amides is 1. The summed E-state index contributed by atoms with van der Waals surface area (Å²) in [6.07, 6.45) is 0.287. The lowest BCUT2D eigenvalue weighted by molar-refractivity contribution is -0.144. The van der Waals surface area contributed by atoms with Gasteiger partial charge in [0.25, 0.3) is 0 Å². The Labute approximate surface area is 97.8 Å². The van der Waals surface area contributed by atoms with Crippen molar-refractivity contribution in [2.45, 2.75) is 37.8 Å². The third-order valence-electron chi connectivity index (χ3n) is 2.48. The summed E-state index contributed by atoms with van der Waals surface area (Å²) in [4.78, 5) is 32.7. The summed E-state index contributed by atoms with van der Waals surface area (Å²) >= 11 is 0. The first-order valence-corrected chi connectivity index (χ1v) is 5.37. The summed E-state index contributed by atoms with van der Waals surface area (Å²) in [6.45, 7) is 0.491. The lowest BCUT2D eigenvalue weighted by Gasteiger charge is -2.16. The Morgan fingerprint density at radius 2 is 2.06 bits per heavy atom. The van der Waals surface area contributed by atoms with E-state index in [2.05, 4.69) is 5.32 Å². The van der Waals surface area contributed by atoms with Crippen LogP contribution in [0.15, 0.2) is 0 Å². The Morgan fingerprint density at radius 3 is 2.53 bits per heavy atom. The zero-order valence-corrected chi connectivity index (χ0v) is 9.22. The van der Waals surface area contributed by atoms with Gasteiger partial charge in [0.15, 0.2) is 0 Å². The largest absolute Gasteiger partial charge is 0.481 e. The summed E-state index contributed by atoms with van der Waals surface area (Å²) in [5.74, 6) is -2.82. The van der Waals surface area contributed by atoms with Crippen LogP contribution in [0.3, 0.4) is 0 Å². The average Bonchev–Trinajstić information content (AvgIpc) is 2.76. The number of carboxylic acid groups (broad SMARTS) is 2. The van der Waals surface area contributed by atoms with Crippen molar-refractivity contribution >= 4 is 17.8 Å². The molecule has 0 aromatic rings. The van der Waals surface area contributed by atoms with Gasteiger partial charge >= 0.3 is 11.9 Å². The molecule has 96 valence electrons. The number of rotatable bonds is 6. The maximum Gasteiger partial charge on any atom is 0.326 e. The van der Waals surface area contributed by atoms with Crippen LogP contribution < -0.4 is 5.32 Å². The number of carbonyl (C=O) groups is 3. The minimum atomic E-state index is -1.24. The molecule has 0 aliphatic carbocycles. The molecule has 7 nitrogen and oxygen atoms in total. The molecule has 1 heterocycles. The van der Waals surface area contributed by atoms with Gasteiger partial charge in [-0.3, -0.25) is 9.59 Å². The van der Waals surface area contributed by atoms with Crippen LogP contribution in [-0.4, -0.2) is 46.8 Å². The Morgan fingerprint density at radius 1 is 1.35 bits per heavy atom. The van der Waals surface area contributed by atoms with Crippen molar-refractivity contribution in [3.8, 4) is 0 Å². The molecular formula is C10H15NO6. The second kappa shape index (κ2) is 6.19. The number of carboxylic acids is 2. The van der Waals surface area contributed by atoms with E-state index in [-0.39, 0.29) is 12.8 Å². The molecule has 1 rings (SSSR count). The van der Waals surface area contributed by atoms with Crippen molar-refractivity contribution in [1.29, 1.82) is 0 Å². The van der Waals surface area contributed by atoms with Crippen molar-refractivity contribution in [2.75, 3.05) is 6.61 Å². The number of hydrogen-bond acceptors (Lipinski definition) is 4. The quantitative estimate of drug-likeness (QED) is 0.586. The Kier molecular flexibility index (Phi) is 4.89. The van der Waals surface area contributed by atoms with Crippen LogP contribution in [0.5, 0.6) is 0 Å². The van der Waals surface area contributed by atoms with E-state index < -0.39 is 30.0 Å². The molecule has 7 heteroatoms. The van der Waals surface area contributed by atoms with Crippen LogP contribution in [0.4, 0.5) is 0 Å². The highest BCUT2D eigenvalue weighted by Gasteiger charge is 2.28. The Balaban J connectivity index is 2.44. The van der Waals surface area contributed by atoms with Crippen molar-refractivity contribution < 1.29 is 29.3 Å². The monoisotopic (exact) mass is 245 g/mol. The first kappa shape index (κ1) is 13.4. The molecule has 2 atom stereocenters. The predicted octanol–water partition coefficient (Wildman–Crippen LogP) is -0.400. The highest BCUT2D eigenvalue weighted by molar-refractivity contribution is 5.86. The zero-order valence-electron chi connectivity index (χ0n) is 9.22. The van der Waals surface area contributed by atoms with E-state index in [4.69, 9.17) is 14.9 Å². The molecule has 0 saturated carbocycles. The summed E-state index contributed by atoms with van der Waals surface area (Å²) in [5, 5.41) is 19.6. The molecule has 1 amide bonds. The van der Waals surface area contributed by atoms with Crippen LogP contribution in [0.1, 0.15) is 25.7 Å². The Bertz CT molecular complexity index is 310. The fourth-order valence-corrected chi connectivity index (χ4v) is 1.57. The van der Waals surface area contributed by atoms with E-state index in [1.165, 1.54) is 0 Å². The highest BCUT2D eigenvalue weighted by atomic mass is 16.5. The molecular weight excluding hydrogens is 230 g/mol. The van der Waals surface area contributed by atoms with E-state index in [9.17, 15) is 14.4 Å². The SMILES string of the molecule is O=C(O)CCC(NC(=O)[C@@H]1CCCO1)C(=O)O. The number of nitrogens with one attached hydrogen (secondary N) is 1. The molecule has 3 N–H and O–H groups in total. The first-order chi connectivity index (χ1) is 8.00. The van der Waals surface area contributed by atoms with Crippen molar-refractivity contribution in [2.24, 2.45) is 0 Å². The van der Waals surface area contributed by atoms with E-state index in [0.29, 0.717) is 13.0 Å². The predicted molar refractivity (Wildman–Crippen MR) is 55.4 cm³/mol. The molecule has 0 aromatic carbocycles. The maximum atomic E-state index is 11.6. The summed E-state index contributed by atoms with van der Waals surface area (Å²) in [5.41, 5.74) is 0. The smallest absolute Gasteiger partial charge is 0.326 e.